The second-order valence-electron chi connectivity index (χ2n) is 6.63. The first-order valence-corrected chi connectivity index (χ1v) is 8.74. The van der Waals surface area contributed by atoms with E-state index in [1.807, 2.05) is 38.1 Å². The molecule has 0 radical (unpaired) electrons. The van der Waals surface area contributed by atoms with Crippen molar-refractivity contribution in [2.24, 2.45) is 0 Å². The smallest absolute Gasteiger partial charge is 0.336 e. The molecule has 3 aromatic rings. The molecular formula is C22H23NO2. The van der Waals surface area contributed by atoms with Crippen molar-refractivity contribution < 1.29 is 9.90 Å². The molecule has 1 N–H and O–H groups in total. The predicted molar refractivity (Wildman–Crippen MR) is 102 cm³/mol. The van der Waals surface area contributed by atoms with Crippen molar-refractivity contribution in [1.82, 2.24) is 4.98 Å². The van der Waals surface area contributed by atoms with Gasteiger partial charge in [-0.25, -0.2) is 9.78 Å². The summed E-state index contributed by atoms with van der Waals surface area (Å²) in [6.45, 7) is 6.23. The molecule has 0 amide bonds. The topological polar surface area (TPSA) is 50.2 Å². The van der Waals surface area contributed by atoms with Gasteiger partial charge in [0.2, 0.25) is 0 Å². The predicted octanol–water partition coefficient (Wildman–Crippen LogP) is 5.56. The summed E-state index contributed by atoms with van der Waals surface area (Å²) in [4.78, 5) is 16.6. The lowest BCUT2D eigenvalue weighted by Gasteiger charge is -2.11. The quantitative estimate of drug-likeness (QED) is 0.665. The number of rotatable bonds is 5. The van der Waals surface area contributed by atoms with E-state index in [9.17, 15) is 9.90 Å². The van der Waals surface area contributed by atoms with E-state index in [1.54, 1.807) is 6.07 Å². The highest BCUT2D eigenvalue weighted by molar-refractivity contribution is 6.04. The Kier molecular flexibility index (Phi) is 4.84. The summed E-state index contributed by atoms with van der Waals surface area (Å²) >= 11 is 0. The summed E-state index contributed by atoms with van der Waals surface area (Å²) < 4.78 is 0. The van der Waals surface area contributed by atoms with Crippen LogP contribution in [0.3, 0.4) is 0 Å². The molecule has 3 nitrogen and oxygen atoms in total. The first-order valence-electron chi connectivity index (χ1n) is 8.74. The van der Waals surface area contributed by atoms with Crippen LogP contribution < -0.4 is 0 Å². The van der Waals surface area contributed by atoms with Crippen LogP contribution in [-0.4, -0.2) is 16.1 Å². The van der Waals surface area contributed by atoms with Crippen LogP contribution in [0.25, 0.3) is 22.2 Å². The van der Waals surface area contributed by atoms with Gasteiger partial charge < -0.3 is 5.11 Å². The number of aryl methyl sites for hydroxylation is 3. The number of pyridine rings is 1. The first kappa shape index (κ1) is 17.2. The van der Waals surface area contributed by atoms with Crippen LogP contribution in [0, 0.1) is 13.8 Å². The summed E-state index contributed by atoms with van der Waals surface area (Å²) in [5.74, 6) is -0.911. The lowest BCUT2D eigenvalue weighted by atomic mass is 9.98. The zero-order valence-corrected chi connectivity index (χ0v) is 15.0. The van der Waals surface area contributed by atoms with Gasteiger partial charge in [-0.3, -0.25) is 0 Å². The number of aromatic nitrogens is 1. The highest BCUT2D eigenvalue weighted by Gasteiger charge is 2.14. The maximum atomic E-state index is 11.8. The summed E-state index contributed by atoms with van der Waals surface area (Å²) in [6, 6.07) is 13.8. The molecule has 2 aromatic carbocycles. The van der Waals surface area contributed by atoms with Crippen molar-refractivity contribution >= 4 is 16.9 Å². The van der Waals surface area contributed by atoms with E-state index in [2.05, 4.69) is 19.1 Å². The highest BCUT2D eigenvalue weighted by Crippen LogP contribution is 2.28. The van der Waals surface area contributed by atoms with Gasteiger partial charge in [0.1, 0.15) is 0 Å². The largest absolute Gasteiger partial charge is 0.478 e. The SMILES string of the molecule is CCCCc1ccc2nc(-c3ccc(C)cc3C)cc(C(=O)O)c2c1. The molecule has 0 aliphatic carbocycles. The molecule has 0 saturated heterocycles. The molecule has 25 heavy (non-hydrogen) atoms. The minimum Gasteiger partial charge on any atom is -0.478 e. The van der Waals surface area contributed by atoms with Crippen LogP contribution in [0.5, 0.6) is 0 Å². The van der Waals surface area contributed by atoms with Gasteiger partial charge in [0, 0.05) is 10.9 Å². The number of fused-ring (bicyclic) bond motifs is 1. The molecule has 128 valence electrons. The fourth-order valence-corrected chi connectivity index (χ4v) is 3.23. The zero-order valence-electron chi connectivity index (χ0n) is 15.0. The second-order valence-corrected chi connectivity index (χ2v) is 6.63. The molecule has 0 spiro atoms. The number of unbranched alkanes of at least 4 members (excludes halogenated alkanes) is 1. The van der Waals surface area contributed by atoms with Crippen LogP contribution >= 0.6 is 0 Å². The zero-order chi connectivity index (χ0) is 18.0. The molecule has 0 atom stereocenters. The second kappa shape index (κ2) is 7.06. The Morgan fingerprint density at radius 2 is 1.88 bits per heavy atom. The Bertz CT molecular complexity index is 944. The van der Waals surface area contributed by atoms with E-state index in [-0.39, 0.29) is 0 Å². The third-order valence-electron chi connectivity index (χ3n) is 4.58. The van der Waals surface area contributed by atoms with E-state index in [4.69, 9.17) is 4.98 Å². The first-order chi connectivity index (χ1) is 12.0. The lowest BCUT2D eigenvalue weighted by molar-refractivity contribution is 0.0699. The summed E-state index contributed by atoms with van der Waals surface area (Å²) in [7, 11) is 0. The molecule has 3 heteroatoms. The number of benzene rings is 2. The number of carboxylic acid groups (broad SMARTS) is 1. The molecule has 1 heterocycles. The van der Waals surface area contributed by atoms with Gasteiger partial charge in [-0.15, -0.1) is 0 Å². The molecule has 0 unspecified atom stereocenters. The van der Waals surface area contributed by atoms with Crippen molar-refractivity contribution in [3.05, 3.63) is 64.7 Å². The van der Waals surface area contributed by atoms with E-state index in [1.165, 1.54) is 5.56 Å². The normalized spacial score (nSPS) is 11.0. The highest BCUT2D eigenvalue weighted by atomic mass is 16.4. The number of carboxylic acids is 1. The van der Waals surface area contributed by atoms with Gasteiger partial charge in [0.25, 0.3) is 0 Å². The van der Waals surface area contributed by atoms with Crippen LogP contribution in [-0.2, 0) is 6.42 Å². The van der Waals surface area contributed by atoms with Crippen molar-refractivity contribution in [1.29, 1.82) is 0 Å². The Morgan fingerprint density at radius 3 is 2.56 bits per heavy atom. The maximum absolute atomic E-state index is 11.8. The molecular weight excluding hydrogens is 310 g/mol. The van der Waals surface area contributed by atoms with Gasteiger partial charge >= 0.3 is 5.97 Å². The maximum Gasteiger partial charge on any atom is 0.336 e. The van der Waals surface area contributed by atoms with Gasteiger partial charge in [0.15, 0.2) is 0 Å². The molecule has 0 saturated carbocycles. The van der Waals surface area contributed by atoms with Gasteiger partial charge in [-0.05, 0) is 56.0 Å². The summed E-state index contributed by atoms with van der Waals surface area (Å²) in [5.41, 5.74) is 6.18. The van der Waals surface area contributed by atoms with Crippen molar-refractivity contribution in [2.45, 2.75) is 40.0 Å². The molecule has 1 aromatic heterocycles. The van der Waals surface area contributed by atoms with Crippen molar-refractivity contribution in [3.8, 4) is 11.3 Å². The average molecular weight is 333 g/mol. The van der Waals surface area contributed by atoms with E-state index in [0.29, 0.717) is 11.3 Å². The van der Waals surface area contributed by atoms with Gasteiger partial charge in [-0.2, -0.15) is 0 Å². The van der Waals surface area contributed by atoms with E-state index >= 15 is 0 Å². The third kappa shape index (κ3) is 3.55. The number of nitrogens with zero attached hydrogens (tertiary/aromatic N) is 1. The van der Waals surface area contributed by atoms with E-state index in [0.717, 1.165) is 46.9 Å². The Morgan fingerprint density at radius 1 is 1.08 bits per heavy atom. The standard InChI is InChI=1S/C22H23NO2/c1-4-5-6-16-8-10-20-18(12-16)19(22(24)25)13-21(23-20)17-9-7-14(2)11-15(17)3/h7-13H,4-6H2,1-3H3,(H,24,25). The molecule has 3 rings (SSSR count). The summed E-state index contributed by atoms with van der Waals surface area (Å²) in [6.07, 6.45) is 3.18. The van der Waals surface area contributed by atoms with Gasteiger partial charge in [0.05, 0.1) is 16.8 Å². The van der Waals surface area contributed by atoms with Crippen LogP contribution in [0.1, 0.15) is 46.8 Å². The Hall–Kier alpha value is -2.68. The Balaban J connectivity index is 2.18. The van der Waals surface area contributed by atoms with Crippen LogP contribution in [0.2, 0.25) is 0 Å². The summed E-state index contributed by atoms with van der Waals surface area (Å²) in [5, 5.41) is 10.4. The fraction of sp³-hybridized carbons (Fsp3) is 0.273. The van der Waals surface area contributed by atoms with Crippen molar-refractivity contribution in [3.63, 3.8) is 0 Å². The number of hydrogen-bond acceptors (Lipinski definition) is 2. The lowest BCUT2D eigenvalue weighted by Crippen LogP contribution is -2.01. The minimum atomic E-state index is -0.911. The van der Waals surface area contributed by atoms with Crippen LogP contribution in [0.4, 0.5) is 0 Å². The molecule has 0 fully saturated rings. The molecule has 0 aliphatic rings. The van der Waals surface area contributed by atoms with Crippen LogP contribution in [0.15, 0.2) is 42.5 Å². The number of aromatic carboxylic acids is 1. The third-order valence-corrected chi connectivity index (χ3v) is 4.58. The molecule has 0 bridgehead atoms. The fourth-order valence-electron chi connectivity index (χ4n) is 3.23. The van der Waals surface area contributed by atoms with Gasteiger partial charge in [-0.1, -0.05) is 43.2 Å². The number of carbonyl (C=O) groups is 1. The Labute approximate surface area is 148 Å². The monoisotopic (exact) mass is 333 g/mol. The number of hydrogen-bond donors (Lipinski definition) is 1. The van der Waals surface area contributed by atoms with E-state index < -0.39 is 5.97 Å². The average Bonchev–Trinajstić information content (AvgIpc) is 2.58. The van der Waals surface area contributed by atoms with Crippen molar-refractivity contribution in [2.75, 3.05) is 0 Å². The molecule has 0 aliphatic heterocycles. The minimum absolute atomic E-state index is 0.318.